The minimum absolute atomic E-state index is 0.187. The van der Waals surface area contributed by atoms with Crippen molar-refractivity contribution in [3.8, 4) is 0 Å². The largest absolute Gasteiger partial charge is 0.370 e. The molecular weight excluding hydrogens is 218 g/mol. The van der Waals surface area contributed by atoms with Gasteiger partial charge < -0.3 is 16.8 Å². The molecule has 0 radical (unpaired) electrons. The van der Waals surface area contributed by atoms with Gasteiger partial charge in [-0.3, -0.25) is 13.8 Å². The molecule has 0 saturated carbocycles. The molecule has 0 aliphatic heterocycles. The van der Waals surface area contributed by atoms with Crippen molar-refractivity contribution in [3.63, 3.8) is 0 Å². The van der Waals surface area contributed by atoms with E-state index in [2.05, 4.69) is 5.32 Å². The summed E-state index contributed by atoms with van der Waals surface area (Å²) >= 11 is 0. The van der Waals surface area contributed by atoms with E-state index >= 15 is 0 Å². The minimum atomic E-state index is -0.983. The van der Waals surface area contributed by atoms with E-state index in [-0.39, 0.29) is 12.5 Å². The minimum Gasteiger partial charge on any atom is -0.370 e. The molecule has 0 fully saturated rings. The number of nitrogens with one attached hydrogen (secondary N) is 1. The Morgan fingerprint density at radius 1 is 1.47 bits per heavy atom. The summed E-state index contributed by atoms with van der Waals surface area (Å²) in [5.74, 6) is -0.717. The number of carbonyl (C=O) groups is 2. The molecule has 3 atom stereocenters. The Balaban J connectivity index is 4.01. The lowest BCUT2D eigenvalue weighted by atomic mass is 10.2. The summed E-state index contributed by atoms with van der Waals surface area (Å²) in [6.45, 7) is 1.72. The quantitative estimate of drug-likeness (QED) is 0.497. The molecule has 15 heavy (non-hydrogen) atoms. The van der Waals surface area contributed by atoms with Crippen molar-refractivity contribution in [1.29, 1.82) is 0 Å². The second kappa shape index (κ2) is 6.52. The van der Waals surface area contributed by atoms with Crippen LogP contribution in [0, 0.1) is 0 Å². The number of hydrogen-bond acceptors (Lipinski definition) is 4. The molecule has 7 heteroatoms. The van der Waals surface area contributed by atoms with Crippen LogP contribution in [0.15, 0.2) is 0 Å². The first kappa shape index (κ1) is 14.1. The van der Waals surface area contributed by atoms with E-state index in [0.717, 1.165) is 0 Å². The van der Waals surface area contributed by atoms with Gasteiger partial charge in [0.2, 0.25) is 11.8 Å². The Bertz CT molecular complexity index is 270. The Morgan fingerprint density at radius 3 is 2.40 bits per heavy atom. The van der Waals surface area contributed by atoms with Crippen LogP contribution in [-0.4, -0.2) is 40.1 Å². The number of amides is 2. The molecule has 0 rings (SSSR count). The summed E-state index contributed by atoms with van der Waals surface area (Å²) in [5, 5.41) is 2.55. The monoisotopic (exact) mass is 235 g/mol. The van der Waals surface area contributed by atoms with E-state index in [0.29, 0.717) is 5.75 Å². The molecule has 0 bridgehead atoms. The lowest BCUT2D eigenvalue weighted by Gasteiger charge is -2.15. The SMILES string of the molecule is CC(CS(C)=O)NC(=O)C(N)CC(N)=O. The zero-order valence-corrected chi connectivity index (χ0v) is 9.67. The Morgan fingerprint density at radius 2 is 2.00 bits per heavy atom. The van der Waals surface area contributed by atoms with Crippen LogP contribution in [0.3, 0.4) is 0 Å². The summed E-state index contributed by atoms with van der Waals surface area (Å²) in [6, 6.07) is -1.17. The van der Waals surface area contributed by atoms with Gasteiger partial charge in [0, 0.05) is 28.9 Å². The zero-order valence-electron chi connectivity index (χ0n) is 8.86. The maximum atomic E-state index is 11.3. The summed E-state index contributed by atoms with van der Waals surface area (Å²) < 4.78 is 10.8. The predicted octanol–water partition coefficient (Wildman–Crippen LogP) is -1.93. The maximum Gasteiger partial charge on any atom is 0.237 e. The highest BCUT2D eigenvalue weighted by molar-refractivity contribution is 7.84. The predicted molar refractivity (Wildman–Crippen MR) is 58.3 cm³/mol. The van der Waals surface area contributed by atoms with E-state index in [4.69, 9.17) is 11.5 Å². The zero-order chi connectivity index (χ0) is 12.0. The molecule has 0 aromatic carbocycles. The molecule has 0 aliphatic carbocycles. The molecule has 0 aliphatic rings. The summed E-state index contributed by atoms with van der Waals surface area (Å²) in [7, 11) is -0.983. The van der Waals surface area contributed by atoms with Gasteiger partial charge in [0.15, 0.2) is 0 Å². The highest BCUT2D eigenvalue weighted by Crippen LogP contribution is 1.91. The summed E-state index contributed by atoms with van der Waals surface area (Å²) in [5.41, 5.74) is 10.3. The Kier molecular flexibility index (Phi) is 6.11. The van der Waals surface area contributed by atoms with Crippen molar-refractivity contribution in [2.75, 3.05) is 12.0 Å². The average Bonchev–Trinajstić information content (AvgIpc) is 2.00. The van der Waals surface area contributed by atoms with E-state index in [1.165, 1.54) is 0 Å². The fourth-order valence-electron chi connectivity index (χ4n) is 1.05. The third-order valence-corrected chi connectivity index (χ3v) is 2.60. The lowest BCUT2D eigenvalue weighted by Crippen LogP contribution is -2.47. The first-order chi connectivity index (χ1) is 6.82. The fourth-order valence-corrected chi connectivity index (χ4v) is 1.84. The Labute approximate surface area is 91.2 Å². The Hall–Kier alpha value is -0.950. The molecule has 6 nitrogen and oxygen atoms in total. The van der Waals surface area contributed by atoms with Gasteiger partial charge in [-0.25, -0.2) is 0 Å². The third-order valence-electron chi connectivity index (χ3n) is 1.63. The second-order valence-corrected chi connectivity index (χ2v) is 4.91. The van der Waals surface area contributed by atoms with E-state index < -0.39 is 28.7 Å². The van der Waals surface area contributed by atoms with Gasteiger partial charge >= 0.3 is 0 Å². The van der Waals surface area contributed by atoms with Crippen molar-refractivity contribution < 1.29 is 13.8 Å². The number of nitrogens with two attached hydrogens (primary N) is 2. The van der Waals surface area contributed by atoms with Crippen molar-refractivity contribution in [2.24, 2.45) is 11.5 Å². The van der Waals surface area contributed by atoms with E-state index in [1.54, 1.807) is 13.2 Å². The van der Waals surface area contributed by atoms with Crippen LogP contribution in [-0.2, 0) is 20.4 Å². The van der Waals surface area contributed by atoms with Crippen LogP contribution in [0.4, 0.5) is 0 Å². The molecule has 88 valence electrons. The smallest absolute Gasteiger partial charge is 0.237 e. The number of rotatable bonds is 6. The summed E-state index contributed by atoms with van der Waals surface area (Å²) in [6.07, 6.45) is 1.36. The lowest BCUT2D eigenvalue weighted by molar-refractivity contribution is -0.126. The van der Waals surface area contributed by atoms with Crippen LogP contribution in [0.2, 0.25) is 0 Å². The molecular formula is C8H17N3O3S. The number of primary amides is 1. The van der Waals surface area contributed by atoms with Gasteiger partial charge in [-0.1, -0.05) is 0 Å². The van der Waals surface area contributed by atoms with Crippen LogP contribution in [0.1, 0.15) is 13.3 Å². The van der Waals surface area contributed by atoms with E-state index in [9.17, 15) is 13.8 Å². The van der Waals surface area contributed by atoms with Gasteiger partial charge in [0.25, 0.3) is 0 Å². The van der Waals surface area contributed by atoms with Gasteiger partial charge in [0.05, 0.1) is 12.5 Å². The average molecular weight is 235 g/mol. The van der Waals surface area contributed by atoms with Crippen LogP contribution >= 0.6 is 0 Å². The molecule has 0 aromatic heterocycles. The molecule has 0 aromatic rings. The third kappa shape index (κ3) is 7.03. The highest BCUT2D eigenvalue weighted by Gasteiger charge is 2.17. The number of hydrogen-bond donors (Lipinski definition) is 3. The van der Waals surface area contributed by atoms with Crippen LogP contribution in [0.25, 0.3) is 0 Å². The standard InChI is InChI=1S/C8H17N3O3S/c1-5(4-15(2)14)11-8(13)6(9)3-7(10)12/h5-6H,3-4,9H2,1-2H3,(H2,10,12)(H,11,13). The molecule has 3 unspecified atom stereocenters. The molecule has 0 spiro atoms. The maximum absolute atomic E-state index is 11.3. The molecule has 2 amide bonds. The van der Waals surface area contributed by atoms with Crippen LogP contribution in [0.5, 0.6) is 0 Å². The van der Waals surface area contributed by atoms with Gasteiger partial charge in [-0.15, -0.1) is 0 Å². The van der Waals surface area contributed by atoms with Gasteiger partial charge in [0.1, 0.15) is 0 Å². The first-order valence-electron chi connectivity index (χ1n) is 4.47. The van der Waals surface area contributed by atoms with Crippen molar-refractivity contribution in [1.82, 2.24) is 5.32 Å². The molecule has 0 saturated heterocycles. The van der Waals surface area contributed by atoms with Gasteiger partial charge in [-0.05, 0) is 6.92 Å². The fraction of sp³-hybridized carbons (Fsp3) is 0.750. The van der Waals surface area contributed by atoms with Crippen LogP contribution < -0.4 is 16.8 Å². The van der Waals surface area contributed by atoms with Crippen molar-refractivity contribution in [2.45, 2.75) is 25.4 Å². The van der Waals surface area contributed by atoms with Crippen molar-refractivity contribution >= 4 is 22.6 Å². The first-order valence-corrected chi connectivity index (χ1v) is 6.20. The topological polar surface area (TPSA) is 115 Å². The molecule has 5 N–H and O–H groups in total. The normalized spacial score (nSPS) is 16.5. The molecule has 0 heterocycles. The second-order valence-electron chi connectivity index (χ2n) is 3.43. The number of carbonyl (C=O) groups excluding carboxylic acids is 2. The summed E-state index contributed by atoms with van der Waals surface area (Å²) in [4.78, 5) is 21.8. The highest BCUT2D eigenvalue weighted by atomic mass is 32.2. The van der Waals surface area contributed by atoms with E-state index in [1.807, 2.05) is 0 Å². The van der Waals surface area contributed by atoms with Crippen molar-refractivity contribution in [3.05, 3.63) is 0 Å². The van der Waals surface area contributed by atoms with Gasteiger partial charge in [-0.2, -0.15) is 0 Å².